The van der Waals surface area contributed by atoms with Crippen LogP contribution in [0.2, 0.25) is 0 Å². The van der Waals surface area contributed by atoms with E-state index in [1.54, 1.807) is 0 Å². The second-order valence-corrected chi connectivity index (χ2v) is 5.20. The van der Waals surface area contributed by atoms with Crippen molar-refractivity contribution in [2.24, 2.45) is 0 Å². The van der Waals surface area contributed by atoms with E-state index in [2.05, 4.69) is 6.08 Å². The lowest BCUT2D eigenvalue weighted by molar-refractivity contribution is -0.142. The Morgan fingerprint density at radius 2 is 1.95 bits per heavy atom. The Bertz CT molecular complexity index is 525. The monoisotopic (exact) mass is 254 g/mol. The second-order valence-electron chi connectivity index (χ2n) is 5.20. The van der Waals surface area contributed by atoms with Crippen LogP contribution in [0.1, 0.15) is 43.6 Å². The summed E-state index contributed by atoms with van der Waals surface area (Å²) in [4.78, 5) is 12.2. The number of allylic oxidation sites excluding steroid dienone is 3. The standard InChI is InChI=1S/C17H18O2/c18-17-15(13-8-5-3-6-9-13)12-14-10-4-1-2-7-11-16(14)19-17/h3,5-9,11,15H,1-2,4,10,12H2/b11-7-. The molecule has 1 aliphatic carbocycles. The van der Waals surface area contributed by atoms with Crippen molar-refractivity contribution < 1.29 is 9.53 Å². The number of rotatable bonds is 1. The van der Waals surface area contributed by atoms with Crippen LogP contribution in [0, 0.1) is 0 Å². The molecule has 3 rings (SSSR count). The Kier molecular flexibility index (Phi) is 3.49. The Morgan fingerprint density at radius 3 is 2.79 bits per heavy atom. The van der Waals surface area contributed by atoms with Crippen LogP contribution >= 0.6 is 0 Å². The lowest BCUT2D eigenvalue weighted by Gasteiger charge is -2.26. The van der Waals surface area contributed by atoms with Gasteiger partial charge in [-0.25, -0.2) is 0 Å². The SMILES string of the molecule is O=C1OC2=C(CCCC/C=C\2)CC1c1ccccc1. The third kappa shape index (κ3) is 2.62. The molecule has 2 heteroatoms. The van der Waals surface area contributed by atoms with Crippen molar-refractivity contribution >= 4 is 5.97 Å². The van der Waals surface area contributed by atoms with Crippen LogP contribution in [0.4, 0.5) is 0 Å². The Balaban J connectivity index is 1.89. The minimum atomic E-state index is -0.132. The first-order valence-corrected chi connectivity index (χ1v) is 7.00. The molecule has 0 amide bonds. The highest BCUT2D eigenvalue weighted by Gasteiger charge is 2.30. The van der Waals surface area contributed by atoms with Crippen LogP contribution in [0.25, 0.3) is 0 Å². The molecule has 1 unspecified atom stereocenters. The highest BCUT2D eigenvalue weighted by molar-refractivity contribution is 5.81. The van der Waals surface area contributed by atoms with Gasteiger partial charge in [-0.05, 0) is 49.3 Å². The first kappa shape index (κ1) is 12.2. The van der Waals surface area contributed by atoms with Crippen molar-refractivity contribution in [3.63, 3.8) is 0 Å². The molecule has 0 fully saturated rings. The molecule has 98 valence electrons. The third-order valence-electron chi connectivity index (χ3n) is 3.86. The van der Waals surface area contributed by atoms with Crippen molar-refractivity contribution in [1.29, 1.82) is 0 Å². The minimum absolute atomic E-state index is 0.116. The summed E-state index contributed by atoms with van der Waals surface area (Å²) in [6.45, 7) is 0. The molecule has 0 saturated heterocycles. The molecule has 0 aromatic heterocycles. The minimum Gasteiger partial charge on any atom is -0.426 e. The maximum Gasteiger partial charge on any atom is 0.319 e. The maximum atomic E-state index is 12.2. The maximum absolute atomic E-state index is 12.2. The summed E-state index contributed by atoms with van der Waals surface area (Å²) >= 11 is 0. The van der Waals surface area contributed by atoms with Gasteiger partial charge in [0.05, 0.1) is 5.92 Å². The quantitative estimate of drug-likeness (QED) is 0.705. The van der Waals surface area contributed by atoms with Crippen LogP contribution in [-0.2, 0) is 9.53 Å². The fourth-order valence-corrected chi connectivity index (χ4v) is 2.79. The molecule has 2 aliphatic rings. The molecule has 1 aliphatic heterocycles. The topological polar surface area (TPSA) is 26.3 Å². The lowest BCUT2D eigenvalue weighted by atomic mass is 9.87. The molecule has 1 atom stereocenters. The van der Waals surface area contributed by atoms with Gasteiger partial charge in [0.2, 0.25) is 0 Å². The highest BCUT2D eigenvalue weighted by atomic mass is 16.5. The molecule has 2 nitrogen and oxygen atoms in total. The van der Waals surface area contributed by atoms with Crippen molar-refractivity contribution in [2.75, 3.05) is 0 Å². The zero-order valence-electron chi connectivity index (χ0n) is 11.0. The van der Waals surface area contributed by atoms with Crippen LogP contribution in [0.3, 0.4) is 0 Å². The number of ether oxygens (including phenoxy) is 1. The summed E-state index contributed by atoms with van der Waals surface area (Å²) in [5.41, 5.74) is 2.36. The van der Waals surface area contributed by atoms with E-state index in [1.165, 1.54) is 18.4 Å². The zero-order valence-corrected chi connectivity index (χ0v) is 11.0. The fraction of sp³-hybridized carbons (Fsp3) is 0.353. The molecule has 19 heavy (non-hydrogen) atoms. The number of benzene rings is 1. The molecule has 1 aromatic carbocycles. The van der Waals surface area contributed by atoms with Crippen molar-refractivity contribution in [1.82, 2.24) is 0 Å². The zero-order chi connectivity index (χ0) is 13.1. The molecule has 1 aromatic rings. The molecule has 0 radical (unpaired) electrons. The van der Waals surface area contributed by atoms with Gasteiger partial charge in [-0.15, -0.1) is 0 Å². The Labute approximate surface area is 113 Å². The predicted octanol–water partition coefficient (Wildman–Crippen LogP) is 4.10. The summed E-state index contributed by atoms with van der Waals surface area (Å²) in [6.07, 6.45) is 9.44. The molecule has 1 heterocycles. The van der Waals surface area contributed by atoms with E-state index in [4.69, 9.17) is 4.74 Å². The van der Waals surface area contributed by atoms with Crippen LogP contribution in [0.15, 0.2) is 53.8 Å². The van der Waals surface area contributed by atoms with E-state index in [0.717, 1.165) is 30.6 Å². The van der Waals surface area contributed by atoms with E-state index in [0.29, 0.717) is 0 Å². The van der Waals surface area contributed by atoms with Crippen molar-refractivity contribution in [3.8, 4) is 0 Å². The van der Waals surface area contributed by atoms with Crippen LogP contribution in [-0.4, -0.2) is 5.97 Å². The van der Waals surface area contributed by atoms with Crippen LogP contribution in [0.5, 0.6) is 0 Å². The van der Waals surface area contributed by atoms with Gasteiger partial charge in [0.25, 0.3) is 0 Å². The second kappa shape index (κ2) is 5.43. The van der Waals surface area contributed by atoms with Gasteiger partial charge in [-0.1, -0.05) is 36.4 Å². The summed E-state index contributed by atoms with van der Waals surface area (Å²) in [7, 11) is 0. The third-order valence-corrected chi connectivity index (χ3v) is 3.86. The van der Waals surface area contributed by atoms with Gasteiger partial charge in [0, 0.05) is 0 Å². The largest absolute Gasteiger partial charge is 0.426 e. The fourth-order valence-electron chi connectivity index (χ4n) is 2.79. The summed E-state index contributed by atoms with van der Waals surface area (Å²) in [6, 6.07) is 9.95. The van der Waals surface area contributed by atoms with E-state index in [9.17, 15) is 4.79 Å². The van der Waals surface area contributed by atoms with Gasteiger partial charge >= 0.3 is 5.97 Å². The lowest BCUT2D eigenvalue weighted by Crippen LogP contribution is -2.22. The molecular weight excluding hydrogens is 236 g/mol. The van der Waals surface area contributed by atoms with E-state index < -0.39 is 0 Å². The van der Waals surface area contributed by atoms with Crippen LogP contribution < -0.4 is 0 Å². The summed E-state index contributed by atoms with van der Waals surface area (Å²) < 4.78 is 5.55. The first-order chi connectivity index (χ1) is 9.34. The molecule has 0 spiro atoms. The molecule has 0 saturated carbocycles. The summed E-state index contributed by atoms with van der Waals surface area (Å²) in [5.74, 6) is 0.555. The van der Waals surface area contributed by atoms with E-state index in [1.807, 2.05) is 36.4 Å². The van der Waals surface area contributed by atoms with E-state index >= 15 is 0 Å². The number of hydrogen-bond acceptors (Lipinski definition) is 2. The average Bonchev–Trinajstić information content (AvgIpc) is 2.42. The predicted molar refractivity (Wildman–Crippen MR) is 74.5 cm³/mol. The van der Waals surface area contributed by atoms with Gasteiger partial charge in [-0.2, -0.15) is 0 Å². The number of carbonyl (C=O) groups is 1. The van der Waals surface area contributed by atoms with Crippen molar-refractivity contribution in [3.05, 3.63) is 59.4 Å². The molecule has 0 N–H and O–H groups in total. The normalized spacial score (nSPS) is 25.1. The summed E-state index contributed by atoms with van der Waals surface area (Å²) in [5, 5.41) is 0. The first-order valence-electron chi connectivity index (χ1n) is 7.00. The van der Waals surface area contributed by atoms with Gasteiger partial charge in [-0.3, -0.25) is 4.79 Å². The van der Waals surface area contributed by atoms with Gasteiger partial charge in [0.15, 0.2) is 0 Å². The molecular formula is C17H18O2. The Morgan fingerprint density at radius 1 is 1.11 bits per heavy atom. The highest BCUT2D eigenvalue weighted by Crippen LogP contribution is 2.35. The van der Waals surface area contributed by atoms with Gasteiger partial charge in [0.1, 0.15) is 5.76 Å². The Hall–Kier alpha value is -1.83. The average molecular weight is 254 g/mol. The number of carbonyl (C=O) groups excluding carboxylic acids is 1. The van der Waals surface area contributed by atoms with E-state index in [-0.39, 0.29) is 11.9 Å². The molecule has 0 bridgehead atoms. The number of esters is 1. The smallest absolute Gasteiger partial charge is 0.319 e. The number of hydrogen-bond donors (Lipinski definition) is 0. The van der Waals surface area contributed by atoms with Crippen molar-refractivity contribution in [2.45, 2.75) is 38.0 Å². The van der Waals surface area contributed by atoms with Gasteiger partial charge < -0.3 is 4.74 Å².